The first-order chi connectivity index (χ1) is 15.2. The largest absolute Gasteiger partial charge is 0.480 e. The Hall–Kier alpha value is -2.93. The second-order valence-corrected chi connectivity index (χ2v) is 10.7. The molecule has 0 bridgehead atoms. The summed E-state index contributed by atoms with van der Waals surface area (Å²) in [4.78, 5) is 34.9. The molecule has 0 spiro atoms. The third-order valence-electron chi connectivity index (χ3n) is 5.37. The third kappa shape index (κ3) is 4.48. The fourth-order valence-corrected chi connectivity index (χ4v) is 5.93. The number of nitrogens with one attached hydrogen (secondary N) is 2. The maximum absolute atomic E-state index is 12.6. The van der Waals surface area contributed by atoms with Gasteiger partial charge in [0.1, 0.15) is 11.7 Å². The predicted molar refractivity (Wildman–Crippen MR) is 120 cm³/mol. The number of hydrogen-bond acceptors (Lipinski definition) is 8. The average Bonchev–Trinajstić information content (AvgIpc) is 3.38. The molecule has 2 fully saturated rings. The Morgan fingerprint density at radius 1 is 1.31 bits per heavy atom. The van der Waals surface area contributed by atoms with Crippen molar-refractivity contribution in [3.8, 4) is 16.3 Å². The molecule has 1 saturated heterocycles. The second kappa shape index (κ2) is 8.54. The van der Waals surface area contributed by atoms with E-state index in [4.69, 9.17) is 10.5 Å². The number of thiazole rings is 1. The van der Waals surface area contributed by atoms with Gasteiger partial charge >= 0.3 is 6.03 Å². The van der Waals surface area contributed by atoms with Crippen molar-refractivity contribution >= 4 is 44.1 Å². The number of rotatable bonds is 7. The quantitative estimate of drug-likeness (QED) is 0.546. The van der Waals surface area contributed by atoms with E-state index in [-0.39, 0.29) is 11.6 Å². The Morgan fingerprint density at radius 3 is 2.72 bits per heavy atom. The number of aromatic nitrogens is 2. The van der Waals surface area contributed by atoms with Crippen molar-refractivity contribution in [3.63, 3.8) is 0 Å². The molecule has 0 unspecified atom stereocenters. The van der Waals surface area contributed by atoms with E-state index < -0.39 is 33.3 Å². The predicted octanol–water partition coefficient (Wildman–Crippen LogP) is 1.91. The maximum Gasteiger partial charge on any atom is 0.324 e. The third-order valence-corrected chi connectivity index (χ3v) is 8.35. The van der Waals surface area contributed by atoms with E-state index in [2.05, 4.69) is 20.0 Å². The van der Waals surface area contributed by atoms with Gasteiger partial charge in [-0.25, -0.2) is 23.2 Å². The number of methoxy groups -OCH3 is 1. The molecule has 11 nitrogen and oxygen atoms in total. The lowest BCUT2D eigenvalue weighted by atomic mass is 10.2. The number of nitrogens with two attached hydrogens (primary N) is 1. The molecule has 4 N–H and O–H groups in total. The van der Waals surface area contributed by atoms with Crippen molar-refractivity contribution in [1.82, 2.24) is 14.9 Å². The zero-order valence-corrected chi connectivity index (χ0v) is 19.3. The summed E-state index contributed by atoms with van der Waals surface area (Å²) in [7, 11) is -2.08. The molecule has 4 rings (SSSR count). The Balaban J connectivity index is 1.56. The van der Waals surface area contributed by atoms with Gasteiger partial charge in [-0.3, -0.25) is 14.8 Å². The van der Waals surface area contributed by atoms with Crippen LogP contribution in [-0.4, -0.2) is 60.2 Å². The molecule has 2 aromatic heterocycles. The fourth-order valence-electron chi connectivity index (χ4n) is 3.61. The fraction of sp³-hybridized carbons (Fsp3) is 0.474. The zero-order chi connectivity index (χ0) is 23.0. The minimum Gasteiger partial charge on any atom is -0.480 e. The minimum atomic E-state index is -3.50. The number of likely N-dealkylation sites (tertiary alicyclic amines) is 1. The van der Waals surface area contributed by atoms with E-state index >= 15 is 0 Å². The number of sulfonamides is 1. The van der Waals surface area contributed by atoms with Crippen molar-refractivity contribution in [2.24, 2.45) is 5.73 Å². The van der Waals surface area contributed by atoms with Gasteiger partial charge in [0, 0.05) is 18.3 Å². The van der Waals surface area contributed by atoms with Gasteiger partial charge in [0.25, 0.3) is 0 Å². The molecule has 1 saturated carbocycles. The lowest BCUT2D eigenvalue weighted by Gasteiger charge is -2.21. The number of hydrogen-bond donors (Lipinski definition) is 3. The normalized spacial score (nSPS) is 18.4. The highest BCUT2D eigenvalue weighted by molar-refractivity contribution is 7.93. The van der Waals surface area contributed by atoms with Crippen molar-refractivity contribution in [1.29, 1.82) is 0 Å². The molecular weight excluding hydrogens is 456 g/mol. The van der Waals surface area contributed by atoms with Crippen molar-refractivity contribution < 1.29 is 22.7 Å². The van der Waals surface area contributed by atoms with Gasteiger partial charge in [-0.2, -0.15) is 0 Å². The topological polar surface area (TPSA) is 157 Å². The van der Waals surface area contributed by atoms with Crippen molar-refractivity contribution in [2.45, 2.75) is 43.9 Å². The summed E-state index contributed by atoms with van der Waals surface area (Å²) in [5, 5.41) is 2.69. The van der Waals surface area contributed by atoms with Crippen LogP contribution in [0.1, 0.15) is 31.4 Å². The molecule has 2 aromatic rings. The van der Waals surface area contributed by atoms with Gasteiger partial charge < -0.3 is 15.4 Å². The minimum absolute atomic E-state index is 0.167. The highest BCUT2D eigenvalue weighted by atomic mass is 32.2. The molecule has 0 aromatic carbocycles. The van der Waals surface area contributed by atoms with E-state index in [1.165, 1.54) is 23.3 Å². The number of anilines is 2. The summed E-state index contributed by atoms with van der Waals surface area (Å²) >= 11 is 1.22. The highest BCUT2D eigenvalue weighted by Crippen LogP contribution is 2.37. The maximum atomic E-state index is 12.6. The summed E-state index contributed by atoms with van der Waals surface area (Å²) in [5.41, 5.74) is 6.91. The number of aryl methyl sites for hydroxylation is 1. The average molecular weight is 481 g/mol. The van der Waals surface area contributed by atoms with Gasteiger partial charge in [-0.15, -0.1) is 0 Å². The Bertz CT molecular complexity index is 1160. The standard InChI is InChI=1S/C19H24N6O5S2/c1-10-15(31-18(22-10)23-19(27)25-7-3-4-14(25)16(20)26)11-8-13(17(30-2)21-9-11)24-32(28,29)12-5-6-12/h8-9,12,14,24H,3-7H2,1-2H3,(H2,20,26)(H,22,23,27)/t14-/m0/s1. The summed E-state index contributed by atoms with van der Waals surface area (Å²) in [6.45, 7) is 2.23. The van der Waals surface area contributed by atoms with Crippen LogP contribution >= 0.6 is 11.3 Å². The zero-order valence-electron chi connectivity index (χ0n) is 17.6. The number of amides is 3. The Morgan fingerprint density at radius 2 is 2.06 bits per heavy atom. The van der Waals surface area contributed by atoms with Crippen molar-refractivity contribution in [3.05, 3.63) is 18.0 Å². The van der Waals surface area contributed by atoms with Crippen LogP contribution in [0.5, 0.6) is 5.88 Å². The van der Waals surface area contributed by atoms with Gasteiger partial charge in [-0.05, 0) is 38.7 Å². The molecule has 1 aliphatic carbocycles. The van der Waals surface area contributed by atoms with Gasteiger partial charge in [0.05, 0.1) is 22.9 Å². The van der Waals surface area contributed by atoms with E-state index in [1.807, 2.05) is 0 Å². The van der Waals surface area contributed by atoms with E-state index in [0.29, 0.717) is 48.6 Å². The number of primary amides is 1. The van der Waals surface area contributed by atoms with E-state index in [1.54, 1.807) is 19.2 Å². The molecule has 1 aliphatic heterocycles. The van der Waals surface area contributed by atoms with Gasteiger partial charge in [0.15, 0.2) is 5.13 Å². The van der Waals surface area contributed by atoms with Gasteiger partial charge in [-0.1, -0.05) is 11.3 Å². The smallest absolute Gasteiger partial charge is 0.324 e. The molecule has 0 radical (unpaired) electrons. The van der Waals surface area contributed by atoms with E-state index in [0.717, 1.165) is 4.88 Å². The lowest BCUT2D eigenvalue weighted by molar-refractivity contribution is -0.121. The molecular formula is C19H24N6O5S2. The number of nitrogens with zero attached hydrogens (tertiary/aromatic N) is 3. The molecule has 1 atom stereocenters. The summed E-state index contributed by atoms with van der Waals surface area (Å²) in [5.74, 6) is -0.362. The van der Waals surface area contributed by atoms with Crippen LogP contribution in [0.2, 0.25) is 0 Å². The van der Waals surface area contributed by atoms with Crippen LogP contribution in [0.15, 0.2) is 12.3 Å². The first-order valence-electron chi connectivity index (χ1n) is 10.1. The molecule has 172 valence electrons. The van der Waals surface area contributed by atoms with Crippen LogP contribution in [0.3, 0.4) is 0 Å². The number of pyridine rings is 1. The van der Waals surface area contributed by atoms with E-state index in [9.17, 15) is 18.0 Å². The Labute approximate surface area is 189 Å². The van der Waals surface area contributed by atoms with Crippen LogP contribution < -0.4 is 20.5 Å². The van der Waals surface area contributed by atoms with Crippen molar-refractivity contribution in [2.75, 3.05) is 23.7 Å². The summed E-state index contributed by atoms with van der Waals surface area (Å²) in [6, 6.07) is 0.585. The van der Waals surface area contributed by atoms with Crippen LogP contribution in [-0.2, 0) is 14.8 Å². The number of carbonyl (C=O) groups excluding carboxylic acids is 2. The molecule has 13 heteroatoms. The summed E-state index contributed by atoms with van der Waals surface area (Å²) < 4.78 is 32.5. The van der Waals surface area contributed by atoms with Crippen LogP contribution in [0.4, 0.5) is 15.6 Å². The number of urea groups is 1. The number of ether oxygens (including phenoxy) is 1. The SMILES string of the molecule is COc1ncc(-c2sc(NC(=O)N3CCC[C@H]3C(N)=O)nc2C)cc1NS(=O)(=O)C1CC1. The Kier molecular flexibility index (Phi) is 5.95. The first kappa shape index (κ1) is 22.3. The van der Waals surface area contributed by atoms with Crippen LogP contribution in [0.25, 0.3) is 10.4 Å². The first-order valence-corrected chi connectivity index (χ1v) is 12.5. The molecule has 3 heterocycles. The lowest BCUT2D eigenvalue weighted by Crippen LogP contribution is -2.45. The molecule has 32 heavy (non-hydrogen) atoms. The van der Waals surface area contributed by atoms with Gasteiger partial charge in [0.2, 0.25) is 21.8 Å². The van der Waals surface area contributed by atoms with Crippen LogP contribution in [0, 0.1) is 6.92 Å². The molecule has 3 amide bonds. The number of carbonyl (C=O) groups is 2. The second-order valence-electron chi connectivity index (χ2n) is 7.74. The summed E-state index contributed by atoms with van der Waals surface area (Å²) in [6.07, 6.45) is 4.08. The monoisotopic (exact) mass is 480 g/mol. The molecule has 2 aliphatic rings. The highest BCUT2D eigenvalue weighted by Gasteiger charge is 2.36.